The Morgan fingerprint density at radius 3 is 2.36 bits per heavy atom. The van der Waals surface area contributed by atoms with Crippen molar-refractivity contribution in [3.8, 4) is 5.88 Å². The summed E-state index contributed by atoms with van der Waals surface area (Å²) in [5.41, 5.74) is 7.69. The summed E-state index contributed by atoms with van der Waals surface area (Å²) >= 11 is 0. The van der Waals surface area contributed by atoms with E-state index in [1.807, 2.05) is 24.7 Å². The van der Waals surface area contributed by atoms with Gasteiger partial charge < -0.3 is 14.4 Å². The van der Waals surface area contributed by atoms with E-state index in [1.165, 1.54) is 97.8 Å². The Bertz CT molecular complexity index is 1300. The number of ether oxygens (including phenoxy) is 1. The average molecular weight is 527 g/mol. The fraction of sp³-hybridized carbons (Fsp3) is 0.514. The number of hydrogen-bond acceptors (Lipinski definition) is 3. The van der Waals surface area contributed by atoms with E-state index in [2.05, 4.69) is 60.7 Å². The van der Waals surface area contributed by atoms with Crippen molar-refractivity contribution in [1.82, 2.24) is 9.55 Å². The van der Waals surface area contributed by atoms with Crippen LogP contribution in [0.4, 0.5) is 0 Å². The fourth-order valence-electron chi connectivity index (χ4n) is 6.96. The second-order valence-electron chi connectivity index (χ2n) is 12.1. The van der Waals surface area contributed by atoms with Gasteiger partial charge in [0.15, 0.2) is 0 Å². The molecule has 208 valence electrons. The molecule has 1 heterocycles. The molecule has 2 atom stereocenters. The zero-order valence-electron chi connectivity index (χ0n) is 24.4. The number of imidazole rings is 1. The summed E-state index contributed by atoms with van der Waals surface area (Å²) in [6, 6.07) is 0. The van der Waals surface area contributed by atoms with Crippen molar-refractivity contribution >= 4 is 5.70 Å². The standard InChI is InChI=1S/C35H46N2O2/c1-5-6-7-8-9-10-11-12-13-14-15-26-22-31(37-24-32(39-4)36-25-37)35(3)21-19-30-29(33(26)35)17-16-27-23-28(38)18-20-34(27,30)2/h16-19,21-25,38H,5-15,20H2,1-4H3/t34-,35-/m1/s1. The van der Waals surface area contributed by atoms with Crippen molar-refractivity contribution in [1.29, 1.82) is 0 Å². The number of nitrogens with zero attached hydrogens (tertiary/aromatic N) is 2. The maximum atomic E-state index is 10.2. The number of aliphatic hydroxyl groups excluding tert-OH is 1. The van der Waals surface area contributed by atoms with Crippen molar-refractivity contribution < 1.29 is 9.84 Å². The number of aromatic nitrogens is 2. The molecule has 4 nitrogen and oxygen atoms in total. The summed E-state index contributed by atoms with van der Waals surface area (Å²) in [5, 5.41) is 10.2. The molecule has 0 amide bonds. The minimum Gasteiger partial charge on any atom is -0.508 e. The van der Waals surface area contributed by atoms with Crippen molar-refractivity contribution in [3.05, 3.63) is 88.7 Å². The first-order valence-electron chi connectivity index (χ1n) is 15.2. The molecule has 4 heteroatoms. The normalized spacial score (nSPS) is 25.3. The summed E-state index contributed by atoms with van der Waals surface area (Å²) in [6.45, 7) is 6.95. The van der Waals surface area contributed by atoms with Gasteiger partial charge in [0.05, 0.1) is 18.7 Å². The van der Waals surface area contributed by atoms with E-state index in [0.29, 0.717) is 11.6 Å². The molecule has 4 aliphatic rings. The summed E-state index contributed by atoms with van der Waals surface area (Å²) in [6.07, 6.45) is 34.8. The lowest BCUT2D eigenvalue weighted by Crippen LogP contribution is -2.31. The predicted octanol–water partition coefficient (Wildman–Crippen LogP) is 9.57. The van der Waals surface area contributed by atoms with Gasteiger partial charge in [-0.25, -0.2) is 4.98 Å². The van der Waals surface area contributed by atoms with Gasteiger partial charge in [-0.15, -0.1) is 0 Å². The lowest BCUT2D eigenvalue weighted by Gasteiger charge is -2.43. The average Bonchev–Trinajstić information content (AvgIpc) is 3.52. The molecule has 0 unspecified atom stereocenters. The highest BCUT2D eigenvalue weighted by atomic mass is 16.5. The largest absolute Gasteiger partial charge is 0.508 e. The van der Waals surface area contributed by atoms with E-state index >= 15 is 0 Å². The monoisotopic (exact) mass is 526 g/mol. The molecule has 0 radical (unpaired) electrons. The molecule has 1 aromatic rings. The van der Waals surface area contributed by atoms with Gasteiger partial charge in [0.2, 0.25) is 5.88 Å². The van der Waals surface area contributed by atoms with Crippen LogP contribution in [0.25, 0.3) is 5.70 Å². The molecule has 5 rings (SSSR count). The van der Waals surface area contributed by atoms with Crippen molar-refractivity contribution in [2.75, 3.05) is 7.11 Å². The van der Waals surface area contributed by atoms with E-state index in [9.17, 15) is 5.11 Å². The molecule has 4 aliphatic carbocycles. The van der Waals surface area contributed by atoms with Crippen LogP contribution < -0.4 is 4.74 Å². The second kappa shape index (κ2) is 11.6. The Morgan fingerprint density at radius 1 is 0.949 bits per heavy atom. The first-order chi connectivity index (χ1) is 18.9. The van der Waals surface area contributed by atoms with Gasteiger partial charge in [-0.05, 0) is 72.3 Å². The molecular formula is C35H46N2O2. The van der Waals surface area contributed by atoms with Crippen LogP contribution in [0.1, 0.15) is 97.8 Å². The summed E-state index contributed by atoms with van der Waals surface area (Å²) in [7, 11) is 1.67. The van der Waals surface area contributed by atoms with Gasteiger partial charge in [0.1, 0.15) is 12.1 Å². The molecule has 39 heavy (non-hydrogen) atoms. The third-order valence-electron chi connectivity index (χ3n) is 9.36. The molecule has 0 fully saturated rings. The van der Waals surface area contributed by atoms with Crippen LogP contribution in [0.15, 0.2) is 88.7 Å². The van der Waals surface area contributed by atoms with E-state index < -0.39 is 0 Å². The molecule has 0 saturated heterocycles. The van der Waals surface area contributed by atoms with Gasteiger partial charge in [-0.3, -0.25) is 0 Å². The van der Waals surface area contributed by atoms with Gasteiger partial charge >= 0.3 is 0 Å². The Hall–Kier alpha value is -3.01. The van der Waals surface area contributed by atoms with E-state index in [0.717, 1.165) is 12.8 Å². The SMILES string of the molecule is CCCCCCCCCCCCC1=C2C3=C(C=C[C@]2(C)C(n2cnc(OC)c2)=C1)[C@]1(C)CC=C(O)C=C1C=C3. The molecular weight excluding hydrogens is 480 g/mol. The van der Waals surface area contributed by atoms with Gasteiger partial charge in [0.25, 0.3) is 0 Å². The predicted molar refractivity (Wildman–Crippen MR) is 161 cm³/mol. The number of unbranched alkanes of at least 4 members (excludes halogenated alkanes) is 9. The van der Waals surface area contributed by atoms with Crippen LogP contribution in [-0.2, 0) is 0 Å². The summed E-state index contributed by atoms with van der Waals surface area (Å²) in [5.74, 6) is 1.01. The van der Waals surface area contributed by atoms with Crippen LogP contribution in [0.2, 0.25) is 0 Å². The zero-order chi connectivity index (χ0) is 27.5. The molecule has 1 aromatic heterocycles. The Labute approximate surface area is 235 Å². The van der Waals surface area contributed by atoms with Crippen molar-refractivity contribution in [3.63, 3.8) is 0 Å². The fourth-order valence-corrected chi connectivity index (χ4v) is 6.96. The van der Waals surface area contributed by atoms with Crippen LogP contribution in [0, 0.1) is 10.8 Å². The Morgan fingerprint density at radius 2 is 1.67 bits per heavy atom. The lowest BCUT2D eigenvalue weighted by atomic mass is 9.61. The third kappa shape index (κ3) is 5.27. The molecule has 0 bridgehead atoms. The van der Waals surface area contributed by atoms with E-state index in [-0.39, 0.29) is 10.8 Å². The van der Waals surface area contributed by atoms with E-state index in [1.54, 1.807) is 7.11 Å². The first-order valence-corrected chi connectivity index (χ1v) is 15.2. The summed E-state index contributed by atoms with van der Waals surface area (Å²) in [4.78, 5) is 4.45. The number of fused-ring (bicyclic) bond motifs is 4. The Kier molecular flexibility index (Phi) is 8.21. The second-order valence-corrected chi connectivity index (χ2v) is 12.1. The number of methoxy groups -OCH3 is 1. The number of rotatable bonds is 13. The van der Waals surface area contributed by atoms with Gasteiger partial charge in [-0.1, -0.05) is 95.9 Å². The van der Waals surface area contributed by atoms with Crippen LogP contribution in [-0.4, -0.2) is 21.8 Å². The maximum Gasteiger partial charge on any atom is 0.231 e. The topological polar surface area (TPSA) is 47.3 Å². The number of hydrogen-bond donors (Lipinski definition) is 1. The molecule has 1 N–H and O–H groups in total. The highest BCUT2D eigenvalue weighted by Gasteiger charge is 2.46. The molecule has 0 aliphatic heterocycles. The first kappa shape index (κ1) is 27.6. The molecule has 0 aromatic carbocycles. The zero-order valence-corrected chi connectivity index (χ0v) is 24.4. The summed E-state index contributed by atoms with van der Waals surface area (Å²) < 4.78 is 7.55. The maximum absolute atomic E-state index is 10.2. The van der Waals surface area contributed by atoms with Crippen LogP contribution >= 0.6 is 0 Å². The van der Waals surface area contributed by atoms with Crippen molar-refractivity contribution in [2.45, 2.75) is 97.8 Å². The van der Waals surface area contributed by atoms with Gasteiger partial charge in [0, 0.05) is 11.1 Å². The van der Waals surface area contributed by atoms with Crippen LogP contribution in [0.3, 0.4) is 0 Å². The van der Waals surface area contributed by atoms with Gasteiger partial charge in [-0.2, -0.15) is 0 Å². The number of aliphatic hydroxyl groups is 1. The van der Waals surface area contributed by atoms with Crippen LogP contribution in [0.5, 0.6) is 5.88 Å². The molecule has 0 saturated carbocycles. The number of allylic oxidation sites excluding steroid dienone is 13. The van der Waals surface area contributed by atoms with Crippen molar-refractivity contribution in [2.24, 2.45) is 10.8 Å². The highest BCUT2D eigenvalue weighted by Crippen LogP contribution is 2.59. The quantitative estimate of drug-likeness (QED) is 0.260. The lowest BCUT2D eigenvalue weighted by molar-refractivity contribution is 0.399. The highest BCUT2D eigenvalue weighted by molar-refractivity contribution is 5.80. The Balaban J connectivity index is 1.36. The third-order valence-corrected chi connectivity index (χ3v) is 9.36. The minimum atomic E-state index is -0.229. The minimum absolute atomic E-state index is 0.121. The smallest absolute Gasteiger partial charge is 0.231 e. The molecule has 0 spiro atoms. The van der Waals surface area contributed by atoms with E-state index in [4.69, 9.17) is 4.74 Å².